The molecule has 1 heterocycles. The van der Waals surface area contributed by atoms with Gasteiger partial charge in [-0.3, -0.25) is 4.79 Å². The molecule has 1 aliphatic rings. The lowest BCUT2D eigenvalue weighted by Gasteiger charge is -2.26. The topological polar surface area (TPSA) is 29.5 Å². The molecule has 0 spiro atoms. The number of hydrogen-bond donors (Lipinski definition) is 0. The van der Waals surface area contributed by atoms with Crippen molar-refractivity contribution in [3.8, 4) is 5.75 Å². The van der Waals surface area contributed by atoms with Crippen LogP contribution in [0.15, 0.2) is 18.2 Å². The maximum absolute atomic E-state index is 12.4. The Morgan fingerprint density at radius 2 is 2.00 bits per heavy atom. The first-order chi connectivity index (χ1) is 10.7. The highest BCUT2D eigenvalue weighted by atomic mass is 16.5. The van der Waals surface area contributed by atoms with Crippen LogP contribution in [0.25, 0.3) is 0 Å². The number of piperidine rings is 1. The Labute approximate surface area is 134 Å². The summed E-state index contributed by atoms with van der Waals surface area (Å²) in [5, 5.41) is 0. The van der Waals surface area contributed by atoms with Crippen LogP contribution in [0.2, 0.25) is 0 Å². The van der Waals surface area contributed by atoms with E-state index in [4.69, 9.17) is 4.74 Å². The molecule has 1 aliphatic heterocycles. The van der Waals surface area contributed by atoms with Crippen LogP contribution in [-0.2, 0) is 0 Å². The second-order valence-electron chi connectivity index (χ2n) is 6.25. The molecule has 0 atom stereocenters. The van der Waals surface area contributed by atoms with Crippen LogP contribution in [0, 0.1) is 6.92 Å². The fourth-order valence-electron chi connectivity index (χ4n) is 2.95. The third kappa shape index (κ3) is 5.13. The molecule has 0 saturated carbocycles. The molecule has 1 fully saturated rings. The molecule has 22 heavy (non-hydrogen) atoms. The molecule has 0 bridgehead atoms. The van der Waals surface area contributed by atoms with Gasteiger partial charge in [0.1, 0.15) is 5.75 Å². The average Bonchev–Trinajstić information content (AvgIpc) is 2.54. The molecule has 1 aromatic rings. The largest absolute Gasteiger partial charge is 0.494 e. The molecule has 3 nitrogen and oxygen atoms in total. The Bertz CT molecular complexity index is 478. The summed E-state index contributed by atoms with van der Waals surface area (Å²) in [7, 11) is 0. The van der Waals surface area contributed by atoms with Gasteiger partial charge in [0, 0.05) is 18.5 Å². The lowest BCUT2D eigenvalue weighted by Crippen LogP contribution is -2.31. The van der Waals surface area contributed by atoms with Crippen molar-refractivity contribution < 1.29 is 9.53 Å². The third-order valence-electron chi connectivity index (χ3n) is 4.37. The van der Waals surface area contributed by atoms with Crippen LogP contribution in [0.3, 0.4) is 0 Å². The number of hydrogen-bond acceptors (Lipinski definition) is 3. The molecule has 122 valence electrons. The summed E-state index contributed by atoms with van der Waals surface area (Å²) in [6, 6.07) is 5.84. The van der Waals surface area contributed by atoms with Gasteiger partial charge in [-0.15, -0.1) is 0 Å². The van der Waals surface area contributed by atoms with Crippen molar-refractivity contribution in [2.24, 2.45) is 0 Å². The van der Waals surface area contributed by atoms with E-state index >= 15 is 0 Å². The number of ether oxygens (including phenoxy) is 1. The first kappa shape index (κ1) is 17.0. The summed E-state index contributed by atoms with van der Waals surface area (Å²) in [5.41, 5.74) is 1.87. The van der Waals surface area contributed by atoms with Crippen molar-refractivity contribution >= 4 is 5.78 Å². The Balaban J connectivity index is 1.86. The van der Waals surface area contributed by atoms with Gasteiger partial charge in [0.25, 0.3) is 0 Å². The quantitative estimate of drug-likeness (QED) is 0.531. The maximum atomic E-state index is 12.4. The number of ketones is 1. The highest BCUT2D eigenvalue weighted by molar-refractivity contribution is 5.97. The fraction of sp³-hybridized carbons (Fsp3) is 0.632. The number of carbonyl (C=O) groups is 1. The summed E-state index contributed by atoms with van der Waals surface area (Å²) in [5.74, 6) is 1.13. The van der Waals surface area contributed by atoms with Gasteiger partial charge in [-0.1, -0.05) is 19.8 Å². The number of benzene rings is 1. The van der Waals surface area contributed by atoms with Gasteiger partial charge in [-0.2, -0.15) is 0 Å². The van der Waals surface area contributed by atoms with Crippen molar-refractivity contribution in [1.82, 2.24) is 4.90 Å². The first-order valence-electron chi connectivity index (χ1n) is 8.69. The Morgan fingerprint density at radius 3 is 2.68 bits per heavy atom. The average molecular weight is 303 g/mol. The summed E-state index contributed by atoms with van der Waals surface area (Å²) >= 11 is 0. The van der Waals surface area contributed by atoms with Gasteiger partial charge >= 0.3 is 0 Å². The van der Waals surface area contributed by atoms with Crippen LogP contribution in [0.5, 0.6) is 5.75 Å². The number of carbonyl (C=O) groups excluding carboxylic acids is 1. The zero-order chi connectivity index (χ0) is 15.8. The van der Waals surface area contributed by atoms with E-state index in [0.717, 1.165) is 56.0 Å². The van der Waals surface area contributed by atoms with Gasteiger partial charge in [0.05, 0.1) is 6.61 Å². The maximum Gasteiger partial charge on any atom is 0.164 e. The standard InChI is InChI=1S/C19H29NO2/c1-3-4-14-22-17-8-9-18(16(2)15-17)19(21)10-13-20-11-6-5-7-12-20/h8-9,15H,3-7,10-14H2,1-2H3. The minimum atomic E-state index is 0.253. The number of rotatable bonds is 8. The van der Waals surface area contributed by atoms with Crippen LogP contribution < -0.4 is 4.74 Å². The molecular formula is C19H29NO2. The molecular weight excluding hydrogens is 274 g/mol. The van der Waals surface area contributed by atoms with Gasteiger partial charge in [-0.05, 0) is 63.0 Å². The van der Waals surface area contributed by atoms with E-state index in [1.54, 1.807) is 0 Å². The second kappa shape index (κ2) is 8.94. The van der Waals surface area contributed by atoms with Gasteiger partial charge in [-0.25, -0.2) is 0 Å². The van der Waals surface area contributed by atoms with Crippen LogP contribution in [0.1, 0.15) is 61.4 Å². The zero-order valence-corrected chi connectivity index (χ0v) is 14.1. The summed E-state index contributed by atoms with van der Waals surface area (Å²) in [6.07, 6.45) is 6.70. The molecule has 0 aromatic heterocycles. The number of likely N-dealkylation sites (tertiary alicyclic amines) is 1. The van der Waals surface area contributed by atoms with Crippen molar-refractivity contribution in [3.63, 3.8) is 0 Å². The predicted octanol–water partition coefficient (Wildman–Crippen LogP) is 4.23. The number of unbranched alkanes of at least 4 members (excludes halogenated alkanes) is 1. The Hall–Kier alpha value is -1.35. The Morgan fingerprint density at radius 1 is 1.23 bits per heavy atom. The third-order valence-corrected chi connectivity index (χ3v) is 4.37. The lowest BCUT2D eigenvalue weighted by atomic mass is 10.0. The van der Waals surface area contributed by atoms with Crippen molar-refractivity contribution in [3.05, 3.63) is 29.3 Å². The molecule has 1 saturated heterocycles. The number of Topliss-reactive ketones (excluding diaryl/α,β-unsaturated/α-hetero) is 1. The molecule has 0 aliphatic carbocycles. The molecule has 1 aromatic carbocycles. The minimum absolute atomic E-state index is 0.253. The number of nitrogens with zero attached hydrogens (tertiary/aromatic N) is 1. The molecule has 3 heteroatoms. The zero-order valence-electron chi connectivity index (χ0n) is 14.1. The number of aryl methyl sites for hydroxylation is 1. The normalized spacial score (nSPS) is 15.7. The van der Waals surface area contributed by atoms with Gasteiger partial charge < -0.3 is 9.64 Å². The van der Waals surface area contributed by atoms with Gasteiger partial charge in [0.15, 0.2) is 5.78 Å². The van der Waals surface area contributed by atoms with Crippen molar-refractivity contribution in [1.29, 1.82) is 0 Å². The minimum Gasteiger partial charge on any atom is -0.494 e. The van der Waals surface area contributed by atoms with E-state index in [1.165, 1.54) is 19.3 Å². The van der Waals surface area contributed by atoms with E-state index in [1.807, 2.05) is 25.1 Å². The van der Waals surface area contributed by atoms with E-state index in [0.29, 0.717) is 6.42 Å². The van der Waals surface area contributed by atoms with Crippen LogP contribution >= 0.6 is 0 Å². The van der Waals surface area contributed by atoms with E-state index < -0.39 is 0 Å². The molecule has 2 rings (SSSR count). The molecule has 0 unspecified atom stereocenters. The smallest absolute Gasteiger partial charge is 0.164 e. The summed E-state index contributed by atoms with van der Waals surface area (Å²) in [4.78, 5) is 14.8. The predicted molar refractivity (Wildman–Crippen MR) is 90.8 cm³/mol. The van der Waals surface area contributed by atoms with E-state index in [-0.39, 0.29) is 5.78 Å². The van der Waals surface area contributed by atoms with Crippen molar-refractivity contribution in [2.75, 3.05) is 26.2 Å². The Kier molecular flexibility index (Phi) is 6.91. The van der Waals surface area contributed by atoms with E-state index in [2.05, 4.69) is 11.8 Å². The SMILES string of the molecule is CCCCOc1ccc(C(=O)CCN2CCCCC2)c(C)c1. The van der Waals surface area contributed by atoms with Crippen molar-refractivity contribution in [2.45, 2.75) is 52.4 Å². The van der Waals surface area contributed by atoms with Crippen LogP contribution in [-0.4, -0.2) is 36.9 Å². The van der Waals surface area contributed by atoms with Crippen LogP contribution in [0.4, 0.5) is 0 Å². The molecule has 0 N–H and O–H groups in total. The highest BCUT2D eigenvalue weighted by Gasteiger charge is 2.14. The summed E-state index contributed by atoms with van der Waals surface area (Å²) < 4.78 is 5.70. The van der Waals surface area contributed by atoms with Gasteiger partial charge in [0.2, 0.25) is 0 Å². The highest BCUT2D eigenvalue weighted by Crippen LogP contribution is 2.19. The second-order valence-corrected chi connectivity index (χ2v) is 6.25. The summed E-state index contributed by atoms with van der Waals surface area (Å²) in [6.45, 7) is 8.09. The lowest BCUT2D eigenvalue weighted by molar-refractivity contribution is 0.0958. The monoisotopic (exact) mass is 303 g/mol. The fourth-order valence-corrected chi connectivity index (χ4v) is 2.95. The molecule has 0 radical (unpaired) electrons. The van der Waals surface area contributed by atoms with E-state index in [9.17, 15) is 4.79 Å². The first-order valence-corrected chi connectivity index (χ1v) is 8.69. The molecule has 0 amide bonds.